The van der Waals surface area contributed by atoms with E-state index in [0.717, 1.165) is 12.3 Å². The number of likely N-dealkylation sites (N-methyl/N-ethyl adjacent to an activating group) is 1. The van der Waals surface area contributed by atoms with E-state index < -0.39 is 0 Å². The lowest BCUT2D eigenvalue weighted by molar-refractivity contribution is 0.294. The number of rotatable bonds is 7. The molecule has 0 spiro atoms. The molecular weight excluding hydrogens is 268 g/mol. The summed E-state index contributed by atoms with van der Waals surface area (Å²) in [6.07, 6.45) is 18.7. The second-order valence-electron chi connectivity index (χ2n) is 7.30. The van der Waals surface area contributed by atoms with E-state index in [-0.39, 0.29) is 0 Å². The molecule has 2 heteroatoms. The van der Waals surface area contributed by atoms with Crippen molar-refractivity contribution in [3.8, 4) is 0 Å². The molecule has 0 amide bonds. The largest absolute Gasteiger partial charge is 0.288 e. The third kappa shape index (κ3) is 3.34. The average Bonchev–Trinajstić information content (AvgIpc) is 2.92. The SMILES string of the molecule is CCCCCCCCC1=N[C+]=CC2=C1CCC1CCN(C)C21. The summed E-state index contributed by atoms with van der Waals surface area (Å²) in [5.41, 5.74) is 4.47. The quantitative estimate of drug-likeness (QED) is 0.481. The lowest BCUT2D eigenvalue weighted by Gasteiger charge is -2.29. The molecule has 0 radical (unpaired) electrons. The number of hydrogen-bond donors (Lipinski definition) is 0. The molecule has 0 aromatic carbocycles. The first-order valence-corrected chi connectivity index (χ1v) is 9.40. The van der Waals surface area contributed by atoms with Gasteiger partial charge in [-0.05, 0) is 45.2 Å². The molecule has 1 saturated heterocycles. The van der Waals surface area contributed by atoms with Crippen molar-refractivity contribution in [1.29, 1.82) is 0 Å². The van der Waals surface area contributed by atoms with Crippen LogP contribution in [0.3, 0.4) is 0 Å². The highest BCUT2D eigenvalue weighted by molar-refractivity contribution is 6.02. The van der Waals surface area contributed by atoms with Crippen LogP contribution in [0.15, 0.2) is 22.2 Å². The van der Waals surface area contributed by atoms with Crippen LogP contribution in [0.5, 0.6) is 0 Å². The van der Waals surface area contributed by atoms with Gasteiger partial charge in [-0.25, -0.2) is 0 Å². The van der Waals surface area contributed by atoms with Crippen LogP contribution in [0.25, 0.3) is 0 Å². The van der Waals surface area contributed by atoms with Gasteiger partial charge in [0.05, 0.1) is 17.2 Å². The van der Waals surface area contributed by atoms with E-state index in [2.05, 4.69) is 36.1 Å². The van der Waals surface area contributed by atoms with Gasteiger partial charge in [-0.15, -0.1) is 0 Å². The number of aliphatic imine (C=N–C) groups is 1. The zero-order valence-electron chi connectivity index (χ0n) is 14.4. The van der Waals surface area contributed by atoms with Gasteiger partial charge >= 0.3 is 0 Å². The Balaban J connectivity index is 1.58. The molecule has 1 aliphatic carbocycles. The smallest absolute Gasteiger partial charge is 0.159 e. The third-order valence-corrected chi connectivity index (χ3v) is 5.74. The lowest BCUT2D eigenvalue weighted by atomic mass is 9.77. The number of hydrogen-bond acceptors (Lipinski definition) is 2. The highest BCUT2D eigenvalue weighted by Crippen LogP contribution is 2.41. The number of likely N-dealkylation sites (tertiary alicyclic amines) is 1. The van der Waals surface area contributed by atoms with E-state index in [0.29, 0.717) is 6.04 Å². The predicted molar refractivity (Wildman–Crippen MR) is 94.0 cm³/mol. The minimum absolute atomic E-state index is 0.645. The van der Waals surface area contributed by atoms with Crippen LogP contribution in [-0.2, 0) is 0 Å². The van der Waals surface area contributed by atoms with Crippen LogP contribution in [-0.4, -0.2) is 30.2 Å². The topological polar surface area (TPSA) is 15.6 Å². The number of allylic oxidation sites excluding steroid dienone is 1. The van der Waals surface area contributed by atoms with Crippen molar-refractivity contribution in [2.75, 3.05) is 13.6 Å². The fourth-order valence-corrected chi connectivity index (χ4v) is 4.48. The zero-order valence-corrected chi connectivity index (χ0v) is 14.4. The molecule has 3 rings (SSSR count). The van der Waals surface area contributed by atoms with Crippen LogP contribution in [0.2, 0.25) is 0 Å². The van der Waals surface area contributed by atoms with Crippen LogP contribution >= 0.6 is 0 Å². The Labute approximate surface area is 136 Å². The molecule has 0 bridgehead atoms. The molecular formula is C20H31N2+. The van der Waals surface area contributed by atoms with Crippen LogP contribution in [0.1, 0.15) is 71.1 Å². The van der Waals surface area contributed by atoms with Gasteiger partial charge in [0.1, 0.15) is 6.08 Å². The molecule has 0 saturated carbocycles. The molecule has 0 aromatic heterocycles. The van der Waals surface area contributed by atoms with Crippen molar-refractivity contribution >= 4 is 5.71 Å². The summed E-state index contributed by atoms with van der Waals surface area (Å²) in [7, 11) is 2.29. The summed E-state index contributed by atoms with van der Waals surface area (Å²) in [4.78, 5) is 7.17. The minimum atomic E-state index is 0.645. The van der Waals surface area contributed by atoms with E-state index in [9.17, 15) is 0 Å². The molecule has 2 nitrogen and oxygen atoms in total. The molecule has 0 aromatic rings. The second-order valence-corrected chi connectivity index (χ2v) is 7.30. The van der Waals surface area contributed by atoms with Crippen molar-refractivity contribution in [2.45, 2.75) is 77.2 Å². The predicted octanol–water partition coefficient (Wildman–Crippen LogP) is 4.92. The van der Waals surface area contributed by atoms with Crippen LogP contribution in [0.4, 0.5) is 0 Å². The maximum atomic E-state index is 4.62. The molecule has 22 heavy (non-hydrogen) atoms. The van der Waals surface area contributed by atoms with E-state index in [1.807, 2.05) is 0 Å². The standard InChI is InChI=1S/C20H31N2/c1-3-4-5-6-7-8-9-19-17-11-10-16-13-15-22(2)20(16)18(17)12-14-21-19/h12,16,20H,3-11,13,15H2,1-2H3/q+1. The first-order chi connectivity index (χ1) is 10.8. The van der Waals surface area contributed by atoms with Crippen molar-refractivity contribution in [3.63, 3.8) is 0 Å². The Morgan fingerprint density at radius 2 is 2.00 bits per heavy atom. The number of fused-ring (bicyclic) bond motifs is 2. The van der Waals surface area contributed by atoms with Crippen LogP contribution in [0, 0.1) is 12.1 Å². The molecule has 0 N–H and O–H groups in total. The van der Waals surface area contributed by atoms with Crippen molar-refractivity contribution in [2.24, 2.45) is 10.9 Å². The van der Waals surface area contributed by atoms with Crippen molar-refractivity contribution < 1.29 is 0 Å². The van der Waals surface area contributed by atoms with Crippen LogP contribution < -0.4 is 0 Å². The van der Waals surface area contributed by atoms with E-state index in [4.69, 9.17) is 0 Å². The van der Waals surface area contributed by atoms with E-state index in [1.165, 1.54) is 70.0 Å². The van der Waals surface area contributed by atoms with Crippen molar-refractivity contribution in [1.82, 2.24) is 4.90 Å². The van der Waals surface area contributed by atoms with E-state index >= 15 is 0 Å². The summed E-state index contributed by atoms with van der Waals surface area (Å²) in [6, 6.07) is 0.645. The Morgan fingerprint density at radius 1 is 1.18 bits per heavy atom. The van der Waals surface area contributed by atoms with Gasteiger partial charge < -0.3 is 0 Å². The molecule has 120 valence electrons. The normalized spacial score (nSPS) is 27.5. The average molecular weight is 299 g/mol. The summed E-state index contributed by atoms with van der Waals surface area (Å²) in [5.74, 6) is 0.871. The van der Waals surface area contributed by atoms with Gasteiger partial charge in [-0.2, -0.15) is 0 Å². The number of unbranched alkanes of at least 4 members (excludes halogenated alkanes) is 5. The third-order valence-electron chi connectivity index (χ3n) is 5.74. The highest BCUT2D eigenvalue weighted by Gasteiger charge is 2.43. The lowest BCUT2D eigenvalue weighted by Crippen LogP contribution is -2.35. The van der Waals surface area contributed by atoms with Gasteiger partial charge in [0.2, 0.25) is 0 Å². The minimum Gasteiger partial charge on any atom is -0.288 e. The summed E-state index contributed by atoms with van der Waals surface area (Å²) in [5, 5.41) is 0. The Bertz CT molecular complexity index is 472. The van der Waals surface area contributed by atoms with Gasteiger partial charge in [0.15, 0.2) is 11.9 Å². The Hall–Kier alpha value is -0.980. The highest BCUT2D eigenvalue weighted by atomic mass is 15.2. The maximum Gasteiger partial charge on any atom is 0.159 e. The van der Waals surface area contributed by atoms with Gasteiger partial charge in [0, 0.05) is 6.42 Å². The fourth-order valence-electron chi connectivity index (χ4n) is 4.48. The first kappa shape index (κ1) is 15.9. The molecule has 1 fully saturated rings. The summed E-state index contributed by atoms with van der Waals surface area (Å²) in [6.45, 7) is 3.53. The molecule has 3 aliphatic rings. The number of nitrogens with zero attached hydrogens (tertiary/aromatic N) is 2. The fraction of sp³-hybridized carbons (Fsp3) is 0.750. The molecule has 2 heterocycles. The van der Waals surface area contributed by atoms with E-state index in [1.54, 1.807) is 11.1 Å². The first-order valence-electron chi connectivity index (χ1n) is 9.40. The van der Waals surface area contributed by atoms with Crippen molar-refractivity contribution in [3.05, 3.63) is 23.4 Å². The van der Waals surface area contributed by atoms with Gasteiger partial charge in [0.25, 0.3) is 0 Å². The molecule has 2 aliphatic heterocycles. The Morgan fingerprint density at radius 3 is 2.86 bits per heavy atom. The monoisotopic (exact) mass is 299 g/mol. The molecule has 2 unspecified atom stereocenters. The summed E-state index contributed by atoms with van der Waals surface area (Å²) < 4.78 is 0. The van der Waals surface area contributed by atoms with Gasteiger partial charge in [-0.3, -0.25) is 4.90 Å². The Kier molecular flexibility index (Phi) is 5.44. The summed E-state index contributed by atoms with van der Waals surface area (Å²) >= 11 is 0. The second kappa shape index (κ2) is 7.53. The van der Waals surface area contributed by atoms with Gasteiger partial charge in [-0.1, -0.05) is 44.0 Å². The molecule has 2 atom stereocenters. The zero-order chi connectivity index (χ0) is 15.4. The maximum absolute atomic E-state index is 4.62.